The van der Waals surface area contributed by atoms with E-state index in [4.69, 9.17) is 14.7 Å². The molecular weight excluding hydrogens is 739 g/mol. The van der Waals surface area contributed by atoms with E-state index in [9.17, 15) is 19.2 Å². The van der Waals surface area contributed by atoms with Crippen molar-refractivity contribution in [1.29, 1.82) is 0 Å². The molecule has 0 bridgehead atoms. The number of fused-ring (bicyclic) bond motifs is 2. The van der Waals surface area contributed by atoms with Crippen molar-refractivity contribution in [2.75, 3.05) is 33.9 Å². The van der Waals surface area contributed by atoms with Gasteiger partial charge in [-0.3, -0.25) is 9.59 Å². The number of carbonyl (C=O) groups is 4. The molecule has 0 saturated carbocycles. The van der Waals surface area contributed by atoms with E-state index in [1.54, 1.807) is 4.90 Å². The van der Waals surface area contributed by atoms with Crippen LogP contribution in [0.2, 0.25) is 0 Å². The number of hydrogen-bond acceptors (Lipinski definition) is 9. The van der Waals surface area contributed by atoms with Gasteiger partial charge in [0.05, 0.1) is 55.2 Å². The van der Waals surface area contributed by atoms with E-state index in [2.05, 4.69) is 67.4 Å². The van der Waals surface area contributed by atoms with E-state index in [-0.39, 0.29) is 30.3 Å². The number of pyridine rings is 1. The number of aromatic nitrogens is 5. The number of carbonyl (C=O) groups excluding carboxylic acids is 4. The van der Waals surface area contributed by atoms with Crippen molar-refractivity contribution in [2.24, 2.45) is 5.92 Å². The third-order valence-corrected chi connectivity index (χ3v) is 9.45. The minimum atomic E-state index is -0.697. The smallest absolute Gasteiger partial charge is 0.407 e. The number of nitrogens with one attached hydrogen (secondary N) is 5. The first-order valence-electron chi connectivity index (χ1n) is 19.7. The van der Waals surface area contributed by atoms with E-state index in [0.717, 1.165) is 76.7 Å². The van der Waals surface area contributed by atoms with Gasteiger partial charge in [0.25, 0.3) is 0 Å². The van der Waals surface area contributed by atoms with Gasteiger partial charge >= 0.3 is 12.2 Å². The topological polar surface area (TPSA) is 196 Å². The van der Waals surface area contributed by atoms with Crippen LogP contribution >= 0.6 is 0 Å². The molecule has 0 radical (unpaired) electrons. The van der Waals surface area contributed by atoms with Gasteiger partial charge in [-0.05, 0) is 80.0 Å². The first-order valence-corrected chi connectivity index (χ1v) is 19.7. The third-order valence-electron chi connectivity index (χ3n) is 9.45. The molecule has 3 aromatic heterocycles. The second-order valence-corrected chi connectivity index (χ2v) is 14.4. The van der Waals surface area contributed by atoms with Gasteiger partial charge in [0.15, 0.2) is 0 Å². The van der Waals surface area contributed by atoms with E-state index in [1.165, 1.54) is 20.6 Å². The normalized spacial score (nSPS) is 13.9. The molecule has 1 fully saturated rings. The van der Waals surface area contributed by atoms with Crippen molar-refractivity contribution in [3.05, 3.63) is 77.6 Å². The predicted molar refractivity (Wildman–Crippen MR) is 222 cm³/mol. The summed E-state index contributed by atoms with van der Waals surface area (Å²) in [5, 5.41) is 8.78. The Hall–Kier alpha value is -6.43. The number of H-pyrrole nitrogens is 2. The van der Waals surface area contributed by atoms with E-state index >= 15 is 0 Å². The molecule has 2 aromatic carbocycles. The lowest BCUT2D eigenvalue weighted by Gasteiger charge is -2.29. The number of ether oxygens (including phenoxy) is 2. The Morgan fingerprint density at radius 2 is 1.69 bits per heavy atom. The zero-order chi connectivity index (χ0) is 41.6. The van der Waals surface area contributed by atoms with Crippen LogP contribution in [0.15, 0.2) is 54.7 Å². The zero-order valence-electron chi connectivity index (χ0n) is 34.0. The maximum absolute atomic E-state index is 13.5. The monoisotopic (exact) mass is 791 g/mol. The Balaban J connectivity index is 0.00000207. The number of imidazole rings is 2. The highest BCUT2D eigenvalue weighted by molar-refractivity contribution is 5.87. The Kier molecular flexibility index (Phi) is 15.2. The quantitative estimate of drug-likeness (QED) is 0.0727. The number of unbranched alkanes of at least 4 members (excludes halogenated alkanes) is 1. The molecule has 2 atom stereocenters. The van der Waals surface area contributed by atoms with Gasteiger partial charge in [0.1, 0.15) is 23.4 Å². The minimum Gasteiger partial charge on any atom is -0.453 e. The van der Waals surface area contributed by atoms with Crippen molar-refractivity contribution >= 4 is 45.9 Å². The average Bonchev–Trinajstić information content (AvgIpc) is 4.01. The van der Waals surface area contributed by atoms with Crippen LogP contribution in [0.5, 0.6) is 0 Å². The Bertz CT molecular complexity index is 2270. The van der Waals surface area contributed by atoms with E-state index in [0.29, 0.717) is 24.6 Å². The van der Waals surface area contributed by atoms with Gasteiger partial charge in [-0.1, -0.05) is 46.1 Å². The number of nitrogens with zero attached hydrogens (tertiary/aromatic N) is 4. The summed E-state index contributed by atoms with van der Waals surface area (Å²) in [6.07, 6.45) is 5.74. The number of aromatic amines is 2. The van der Waals surface area contributed by atoms with E-state index < -0.39 is 18.2 Å². The van der Waals surface area contributed by atoms with Crippen LogP contribution in [0, 0.1) is 17.8 Å². The highest BCUT2D eigenvalue weighted by Gasteiger charge is 2.37. The summed E-state index contributed by atoms with van der Waals surface area (Å²) in [5.41, 5.74) is 5.77. The van der Waals surface area contributed by atoms with Crippen LogP contribution in [0.1, 0.15) is 88.7 Å². The fourth-order valence-electron chi connectivity index (χ4n) is 6.53. The second-order valence-electron chi connectivity index (χ2n) is 14.4. The number of likely N-dealkylation sites (tertiary alicyclic amines) is 1. The highest BCUT2D eigenvalue weighted by atomic mass is 16.5. The van der Waals surface area contributed by atoms with Crippen LogP contribution in [-0.2, 0) is 25.5 Å². The first-order chi connectivity index (χ1) is 28.0. The fourth-order valence-corrected chi connectivity index (χ4v) is 6.53. The number of amides is 4. The maximum atomic E-state index is 13.5. The lowest BCUT2D eigenvalue weighted by atomic mass is 10.0. The van der Waals surface area contributed by atoms with Crippen molar-refractivity contribution in [3.8, 4) is 23.1 Å². The summed E-state index contributed by atoms with van der Waals surface area (Å²) in [6, 6.07) is 14.8. The van der Waals surface area contributed by atoms with Gasteiger partial charge in [-0.15, -0.1) is 0 Å². The molecule has 1 aliphatic heterocycles. The van der Waals surface area contributed by atoms with Gasteiger partial charge in [-0.2, -0.15) is 0 Å². The standard InChI is InChI=1S/C40H45N9O6.C3H8/c1-24(2)36(48-40(53)55-4)38(51)49-19-7-8-33(49)37-46-30-16-11-25(20-31(30)47-37)10-14-28-15-12-26-21-27(13-17-29(26)44-28)32-22-42-34(45-32)9-5-6-18-41-35(50)23-43-39(52)54-3;1-3-2/h11-13,15-17,20-22,24,33,36H,5-9,18-19,23H2,1-4H3,(H,41,50)(H,42,45)(H,43,52)(H,46,47)(H,48,53);3H2,1-2H3. The average molecular weight is 792 g/mol. The van der Waals surface area contributed by atoms with Crippen molar-refractivity contribution in [1.82, 2.24) is 45.8 Å². The van der Waals surface area contributed by atoms with Gasteiger partial charge < -0.3 is 40.3 Å². The fraction of sp³-hybridized carbons (Fsp3) is 0.419. The van der Waals surface area contributed by atoms with Crippen LogP contribution < -0.4 is 16.0 Å². The Labute approximate surface area is 338 Å². The van der Waals surface area contributed by atoms with E-state index in [1.807, 2.05) is 62.5 Å². The zero-order valence-corrected chi connectivity index (χ0v) is 34.0. The summed E-state index contributed by atoms with van der Waals surface area (Å²) in [6.45, 7) is 9.00. The summed E-state index contributed by atoms with van der Waals surface area (Å²) in [5.74, 6) is 7.45. The Morgan fingerprint density at radius 1 is 0.914 bits per heavy atom. The van der Waals surface area contributed by atoms with Crippen LogP contribution in [0.4, 0.5) is 9.59 Å². The molecule has 15 heteroatoms. The minimum absolute atomic E-state index is 0.112. The molecule has 15 nitrogen and oxygen atoms in total. The predicted octanol–water partition coefficient (Wildman–Crippen LogP) is 6.16. The van der Waals surface area contributed by atoms with Crippen molar-refractivity contribution < 1.29 is 28.7 Å². The lowest BCUT2D eigenvalue weighted by Crippen LogP contribution is -2.51. The maximum Gasteiger partial charge on any atom is 0.407 e. The summed E-state index contributed by atoms with van der Waals surface area (Å²) < 4.78 is 9.20. The molecule has 2 unspecified atom stereocenters. The molecule has 4 amide bonds. The number of aryl methyl sites for hydroxylation is 1. The molecule has 6 rings (SSSR count). The van der Waals surface area contributed by atoms with Crippen LogP contribution in [-0.4, -0.2) is 93.7 Å². The molecule has 4 heterocycles. The number of rotatable bonds is 12. The summed E-state index contributed by atoms with van der Waals surface area (Å²) in [4.78, 5) is 71.0. The number of hydrogen-bond donors (Lipinski definition) is 5. The SMILES string of the molecule is CCC.COC(=O)NCC(=O)NCCCCc1ncc(-c2ccc3nc(C#Cc4ccc5nc(C6CCCN6C(=O)C(NC(=O)OC)C(C)C)[nH]c5c4)ccc3c2)[nH]1. The molecule has 0 spiro atoms. The molecular formula is C43H53N9O6. The molecule has 5 aromatic rings. The summed E-state index contributed by atoms with van der Waals surface area (Å²) in [7, 11) is 2.53. The summed E-state index contributed by atoms with van der Waals surface area (Å²) >= 11 is 0. The highest BCUT2D eigenvalue weighted by Crippen LogP contribution is 2.33. The second kappa shape index (κ2) is 20.7. The van der Waals surface area contributed by atoms with Crippen LogP contribution in [0.25, 0.3) is 33.2 Å². The lowest BCUT2D eigenvalue weighted by molar-refractivity contribution is -0.135. The van der Waals surface area contributed by atoms with Gasteiger partial charge in [0, 0.05) is 36.0 Å². The van der Waals surface area contributed by atoms with Crippen LogP contribution in [0.3, 0.4) is 0 Å². The Morgan fingerprint density at radius 3 is 2.45 bits per heavy atom. The molecule has 1 saturated heterocycles. The number of benzene rings is 2. The molecule has 58 heavy (non-hydrogen) atoms. The molecule has 1 aliphatic rings. The molecule has 0 aliphatic carbocycles. The number of alkyl carbamates (subject to hydrolysis) is 2. The van der Waals surface area contributed by atoms with Crippen molar-refractivity contribution in [2.45, 2.75) is 78.3 Å². The number of methoxy groups -OCH3 is 2. The van der Waals surface area contributed by atoms with Gasteiger partial charge in [0.2, 0.25) is 11.8 Å². The van der Waals surface area contributed by atoms with Crippen molar-refractivity contribution in [3.63, 3.8) is 0 Å². The molecule has 306 valence electrons. The molecule has 5 N–H and O–H groups in total. The first kappa shape index (κ1) is 42.7. The van der Waals surface area contributed by atoms with Gasteiger partial charge in [-0.25, -0.2) is 24.5 Å². The largest absolute Gasteiger partial charge is 0.453 e. The third kappa shape index (κ3) is 11.3.